The highest BCUT2D eigenvalue weighted by Crippen LogP contribution is 2.31. The molecule has 0 saturated carbocycles. The van der Waals surface area contributed by atoms with E-state index in [9.17, 15) is 4.79 Å². The molecule has 132 valence electrons. The van der Waals surface area contributed by atoms with Gasteiger partial charge in [0.05, 0.1) is 11.5 Å². The Morgan fingerprint density at radius 3 is 2.88 bits per heavy atom. The van der Waals surface area contributed by atoms with Gasteiger partial charge in [-0.1, -0.05) is 24.2 Å². The minimum atomic E-state index is 0.0600. The van der Waals surface area contributed by atoms with Crippen molar-refractivity contribution in [2.24, 2.45) is 0 Å². The van der Waals surface area contributed by atoms with E-state index in [2.05, 4.69) is 22.0 Å². The lowest BCUT2D eigenvalue weighted by molar-refractivity contribution is 0.0565. The second-order valence-electron chi connectivity index (χ2n) is 6.03. The number of amides is 1. The Bertz CT molecular complexity index is 907. The number of carbonyl (C=O) groups excluding carboxylic acids is 1. The van der Waals surface area contributed by atoms with Crippen LogP contribution >= 0.6 is 11.8 Å². The van der Waals surface area contributed by atoms with Gasteiger partial charge >= 0.3 is 0 Å². The van der Waals surface area contributed by atoms with Gasteiger partial charge in [0, 0.05) is 35.9 Å². The molecule has 0 radical (unpaired) electrons. The molecule has 3 aromatic rings. The van der Waals surface area contributed by atoms with Gasteiger partial charge in [-0.15, -0.1) is 11.8 Å². The molecule has 1 aromatic carbocycles. The number of hydrogen-bond acceptors (Lipinski definition) is 6. The SMILES string of the molecule is CCSc1ccccc1C(=O)N1CC(c2nc(-c3cccnc3)no2)C1. The van der Waals surface area contributed by atoms with Gasteiger partial charge < -0.3 is 9.42 Å². The minimum Gasteiger partial charge on any atom is -0.339 e. The fourth-order valence-corrected chi connectivity index (χ4v) is 3.71. The minimum absolute atomic E-state index is 0.0600. The Hall–Kier alpha value is -2.67. The van der Waals surface area contributed by atoms with Crippen molar-refractivity contribution in [3.8, 4) is 11.4 Å². The maximum absolute atomic E-state index is 12.8. The third-order valence-corrected chi connectivity index (χ3v) is 5.25. The van der Waals surface area contributed by atoms with Gasteiger partial charge in [0.2, 0.25) is 11.7 Å². The van der Waals surface area contributed by atoms with Crippen LogP contribution < -0.4 is 0 Å². The van der Waals surface area contributed by atoms with Crippen LogP contribution in [0.4, 0.5) is 0 Å². The highest BCUT2D eigenvalue weighted by Gasteiger charge is 2.36. The number of likely N-dealkylation sites (tertiary alicyclic amines) is 1. The van der Waals surface area contributed by atoms with Crippen molar-refractivity contribution in [2.75, 3.05) is 18.8 Å². The van der Waals surface area contributed by atoms with E-state index >= 15 is 0 Å². The fraction of sp³-hybridized carbons (Fsp3) is 0.263. The number of thioether (sulfide) groups is 1. The second-order valence-corrected chi connectivity index (χ2v) is 7.34. The molecule has 1 aliphatic heterocycles. The van der Waals surface area contributed by atoms with Crippen LogP contribution in [0.2, 0.25) is 0 Å². The van der Waals surface area contributed by atoms with E-state index in [0.29, 0.717) is 24.8 Å². The number of nitrogens with zero attached hydrogens (tertiary/aromatic N) is 4. The van der Waals surface area contributed by atoms with E-state index in [1.165, 1.54) is 0 Å². The molecule has 2 aromatic heterocycles. The predicted molar refractivity (Wildman–Crippen MR) is 99.0 cm³/mol. The molecule has 1 saturated heterocycles. The summed E-state index contributed by atoms with van der Waals surface area (Å²) in [5, 5.41) is 4.02. The quantitative estimate of drug-likeness (QED) is 0.644. The zero-order valence-corrected chi connectivity index (χ0v) is 15.1. The highest BCUT2D eigenvalue weighted by atomic mass is 32.2. The number of benzene rings is 1. The lowest BCUT2D eigenvalue weighted by atomic mass is 9.98. The molecule has 1 amide bonds. The maximum atomic E-state index is 12.8. The average Bonchev–Trinajstić information content (AvgIpc) is 3.11. The molecule has 1 fully saturated rings. The van der Waals surface area contributed by atoms with E-state index in [1.54, 1.807) is 24.2 Å². The van der Waals surface area contributed by atoms with Crippen molar-refractivity contribution in [1.82, 2.24) is 20.0 Å². The maximum Gasteiger partial charge on any atom is 0.255 e. The smallest absolute Gasteiger partial charge is 0.255 e. The molecule has 26 heavy (non-hydrogen) atoms. The molecule has 6 nitrogen and oxygen atoms in total. The highest BCUT2D eigenvalue weighted by molar-refractivity contribution is 7.99. The van der Waals surface area contributed by atoms with Gasteiger partial charge in [0.15, 0.2) is 0 Å². The summed E-state index contributed by atoms with van der Waals surface area (Å²) in [6.07, 6.45) is 3.40. The van der Waals surface area contributed by atoms with Crippen LogP contribution in [0.5, 0.6) is 0 Å². The summed E-state index contributed by atoms with van der Waals surface area (Å²) in [6.45, 7) is 3.28. The van der Waals surface area contributed by atoms with Crippen molar-refractivity contribution < 1.29 is 9.32 Å². The third kappa shape index (κ3) is 3.22. The van der Waals surface area contributed by atoms with Crippen molar-refractivity contribution in [2.45, 2.75) is 17.7 Å². The molecule has 0 aliphatic carbocycles. The van der Waals surface area contributed by atoms with Crippen molar-refractivity contribution in [3.05, 3.63) is 60.2 Å². The molecule has 1 aliphatic rings. The van der Waals surface area contributed by atoms with E-state index in [-0.39, 0.29) is 11.8 Å². The molecule has 0 N–H and O–H groups in total. The zero-order valence-electron chi connectivity index (χ0n) is 14.3. The van der Waals surface area contributed by atoms with Crippen LogP contribution in [0.15, 0.2) is 58.2 Å². The van der Waals surface area contributed by atoms with Crippen LogP contribution in [0, 0.1) is 0 Å². The largest absolute Gasteiger partial charge is 0.339 e. The summed E-state index contributed by atoms with van der Waals surface area (Å²) in [5.74, 6) is 2.19. The Labute approximate surface area is 155 Å². The molecule has 0 atom stereocenters. The first-order valence-corrected chi connectivity index (χ1v) is 9.50. The molecular formula is C19H18N4O2S. The molecule has 4 rings (SSSR count). The van der Waals surface area contributed by atoms with E-state index in [0.717, 1.165) is 21.8 Å². The van der Waals surface area contributed by atoms with E-state index < -0.39 is 0 Å². The summed E-state index contributed by atoms with van der Waals surface area (Å²) in [4.78, 5) is 24.1. The third-order valence-electron chi connectivity index (χ3n) is 4.30. The van der Waals surface area contributed by atoms with Crippen LogP contribution in [0.1, 0.15) is 29.1 Å². The van der Waals surface area contributed by atoms with E-state index in [1.807, 2.05) is 41.3 Å². The first-order chi connectivity index (χ1) is 12.8. The zero-order chi connectivity index (χ0) is 17.9. The van der Waals surface area contributed by atoms with Gasteiger partial charge in [-0.05, 0) is 30.0 Å². The lowest BCUT2D eigenvalue weighted by Gasteiger charge is -2.37. The average molecular weight is 366 g/mol. The number of carbonyl (C=O) groups is 1. The van der Waals surface area contributed by atoms with Gasteiger partial charge in [-0.2, -0.15) is 4.98 Å². The molecule has 3 heterocycles. The monoisotopic (exact) mass is 366 g/mol. The van der Waals surface area contributed by atoms with Gasteiger partial charge in [0.25, 0.3) is 5.91 Å². The molecule has 0 unspecified atom stereocenters. The Morgan fingerprint density at radius 2 is 2.12 bits per heavy atom. The van der Waals surface area contributed by atoms with Crippen LogP contribution in [-0.2, 0) is 0 Å². The summed E-state index contributed by atoms with van der Waals surface area (Å²) in [5.41, 5.74) is 1.58. The second kappa shape index (κ2) is 7.29. The fourth-order valence-electron chi connectivity index (χ4n) is 2.91. The number of rotatable bonds is 5. The Balaban J connectivity index is 1.43. The normalized spacial score (nSPS) is 14.3. The number of aromatic nitrogens is 3. The molecule has 0 spiro atoms. The lowest BCUT2D eigenvalue weighted by Crippen LogP contribution is -2.48. The Kier molecular flexibility index (Phi) is 4.71. The van der Waals surface area contributed by atoms with Crippen LogP contribution in [0.25, 0.3) is 11.4 Å². The van der Waals surface area contributed by atoms with Gasteiger partial charge in [-0.25, -0.2) is 0 Å². The number of hydrogen-bond donors (Lipinski definition) is 0. The molecule has 0 bridgehead atoms. The summed E-state index contributed by atoms with van der Waals surface area (Å²) >= 11 is 1.69. The first kappa shape index (κ1) is 16.8. The van der Waals surface area contributed by atoms with Crippen LogP contribution in [0.3, 0.4) is 0 Å². The summed E-state index contributed by atoms with van der Waals surface area (Å²) in [7, 11) is 0. The topological polar surface area (TPSA) is 72.1 Å². The van der Waals surface area contributed by atoms with Crippen LogP contribution in [-0.4, -0.2) is 44.8 Å². The number of pyridine rings is 1. The van der Waals surface area contributed by atoms with Crippen molar-refractivity contribution in [3.63, 3.8) is 0 Å². The standard InChI is InChI=1S/C19H18N4O2S/c1-2-26-16-8-4-3-7-15(16)19(24)23-11-14(12-23)18-21-17(22-25-18)13-6-5-9-20-10-13/h3-10,14H,2,11-12H2,1H3. The molecule has 7 heteroatoms. The Morgan fingerprint density at radius 1 is 1.27 bits per heavy atom. The summed E-state index contributed by atoms with van der Waals surface area (Å²) < 4.78 is 5.39. The predicted octanol–water partition coefficient (Wildman–Crippen LogP) is 3.48. The first-order valence-electron chi connectivity index (χ1n) is 8.51. The van der Waals surface area contributed by atoms with Crippen molar-refractivity contribution in [1.29, 1.82) is 0 Å². The van der Waals surface area contributed by atoms with Gasteiger partial charge in [0.1, 0.15) is 0 Å². The summed E-state index contributed by atoms with van der Waals surface area (Å²) in [6, 6.07) is 11.5. The van der Waals surface area contributed by atoms with Crippen molar-refractivity contribution >= 4 is 17.7 Å². The van der Waals surface area contributed by atoms with E-state index in [4.69, 9.17) is 4.52 Å². The molecular weight excluding hydrogens is 348 g/mol. The van der Waals surface area contributed by atoms with Gasteiger partial charge in [-0.3, -0.25) is 9.78 Å².